The first kappa shape index (κ1) is 29.7. The van der Waals surface area contributed by atoms with E-state index in [1.807, 2.05) is 54.7 Å². The number of hydrogen-bond acceptors (Lipinski definition) is 4. The number of benzene rings is 4. The average Bonchev–Trinajstić information content (AvgIpc) is 3.60. The molecule has 45 heavy (non-hydrogen) atoms. The maximum atomic E-state index is 13.2. The van der Waals surface area contributed by atoms with E-state index >= 15 is 0 Å². The third-order valence-electron chi connectivity index (χ3n) is 8.11. The summed E-state index contributed by atoms with van der Waals surface area (Å²) in [6.45, 7) is 3.25. The molecule has 1 aromatic heterocycles. The lowest BCUT2D eigenvalue weighted by Gasteiger charge is -2.40. The summed E-state index contributed by atoms with van der Waals surface area (Å²) in [5, 5.41) is 12.4. The Morgan fingerprint density at radius 3 is 2.24 bits per heavy atom. The number of anilines is 2. The summed E-state index contributed by atoms with van der Waals surface area (Å²) in [6.07, 6.45) is -2.51. The Balaban J connectivity index is 1.11. The molecule has 4 aromatic carbocycles. The third kappa shape index (κ3) is 6.61. The molecule has 5 aromatic rings. The summed E-state index contributed by atoms with van der Waals surface area (Å²) in [6, 6.07) is 33.4. The van der Waals surface area contributed by atoms with Crippen LogP contribution in [-0.4, -0.2) is 42.0 Å². The van der Waals surface area contributed by atoms with Crippen LogP contribution in [0.1, 0.15) is 38.8 Å². The average molecular weight is 606 g/mol. The molecule has 1 amide bonds. The number of aromatic nitrogens is 1. The van der Waals surface area contributed by atoms with Crippen LogP contribution in [0.4, 0.5) is 24.5 Å². The van der Waals surface area contributed by atoms with E-state index in [0.717, 1.165) is 55.3 Å². The fourth-order valence-corrected chi connectivity index (χ4v) is 5.84. The van der Waals surface area contributed by atoms with Crippen LogP contribution in [-0.2, 0) is 6.18 Å². The monoisotopic (exact) mass is 605 g/mol. The largest absolute Gasteiger partial charge is 0.416 e. The highest BCUT2D eigenvalue weighted by atomic mass is 19.4. The van der Waals surface area contributed by atoms with Crippen LogP contribution in [0.25, 0.3) is 11.1 Å². The smallest absolute Gasteiger partial charge is 0.369 e. The highest BCUT2D eigenvalue weighted by Gasteiger charge is 2.30. The third-order valence-corrected chi connectivity index (χ3v) is 8.11. The van der Waals surface area contributed by atoms with Crippen LogP contribution < -0.4 is 10.2 Å². The topological polar surface area (TPSA) is 75.2 Å². The van der Waals surface area contributed by atoms with Crippen molar-refractivity contribution in [2.75, 3.05) is 36.4 Å². The molecule has 2 heterocycles. The van der Waals surface area contributed by atoms with E-state index in [2.05, 4.69) is 38.3 Å². The Labute approximate surface area is 259 Å². The number of amides is 1. The molecule has 1 fully saturated rings. The van der Waals surface area contributed by atoms with Gasteiger partial charge in [-0.15, -0.1) is 0 Å². The number of rotatable bonds is 7. The van der Waals surface area contributed by atoms with E-state index in [0.29, 0.717) is 27.9 Å². The van der Waals surface area contributed by atoms with Crippen molar-refractivity contribution in [2.24, 2.45) is 0 Å². The van der Waals surface area contributed by atoms with Gasteiger partial charge in [-0.1, -0.05) is 42.5 Å². The predicted octanol–water partition coefficient (Wildman–Crippen LogP) is 7.74. The second-order valence-corrected chi connectivity index (χ2v) is 10.9. The van der Waals surface area contributed by atoms with Gasteiger partial charge in [-0.2, -0.15) is 18.4 Å². The quantitative estimate of drug-likeness (QED) is 0.199. The van der Waals surface area contributed by atoms with Crippen molar-refractivity contribution >= 4 is 17.3 Å². The molecule has 0 radical (unpaired) electrons. The van der Waals surface area contributed by atoms with Gasteiger partial charge in [-0.05, 0) is 83.4 Å². The molecule has 0 bridgehead atoms. The minimum atomic E-state index is -4.43. The van der Waals surface area contributed by atoms with Crippen molar-refractivity contribution < 1.29 is 18.0 Å². The molecular formula is C36H30F3N5O. The molecular weight excluding hydrogens is 575 g/mol. The number of nitrogens with zero attached hydrogens (tertiary/aromatic N) is 3. The van der Waals surface area contributed by atoms with E-state index in [9.17, 15) is 23.2 Å². The zero-order valence-corrected chi connectivity index (χ0v) is 24.3. The van der Waals surface area contributed by atoms with Gasteiger partial charge in [-0.25, -0.2) is 0 Å². The fraction of sp³-hybridized carbons (Fsp3) is 0.167. The summed E-state index contributed by atoms with van der Waals surface area (Å²) in [5.74, 6) is -0.345. The first-order valence-corrected chi connectivity index (χ1v) is 14.6. The summed E-state index contributed by atoms with van der Waals surface area (Å²) >= 11 is 0. The van der Waals surface area contributed by atoms with Gasteiger partial charge < -0.3 is 15.2 Å². The Hall–Kier alpha value is -5.33. The van der Waals surface area contributed by atoms with Crippen molar-refractivity contribution in [1.82, 2.24) is 9.88 Å². The molecule has 6 nitrogen and oxygen atoms in total. The highest BCUT2D eigenvalue weighted by Crippen LogP contribution is 2.33. The van der Waals surface area contributed by atoms with Gasteiger partial charge in [0.25, 0.3) is 5.91 Å². The fourth-order valence-electron chi connectivity index (χ4n) is 5.84. The van der Waals surface area contributed by atoms with Crippen LogP contribution in [0.5, 0.6) is 0 Å². The van der Waals surface area contributed by atoms with Gasteiger partial charge in [0, 0.05) is 55.0 Å². The summed E-state index contributed by atoms with van der Waals surface area (Å²) in [5.41, 5.74) is 5.17. The first-order valence-electron chi connectivity index (χ1n) is 14.6. The summed E-state index contributed by atoms with van der Waals surface area (Å²) < 4.78 is 39.1. The van der Waals surface area contributed by atoms with Gasteiger partial charge in [0.1, 0.15) is 0 Å². The number of nitriles is 1. The van der Waals surface area contributed by atoms with Crippen LogP contribution in [0.3, 0.4) is 0 Å². The van der Waals surface area contributed by atoms with Crippen molar-refractivity contribution in [3.63, 3.8) is 0 Å². The Morgan fingerprint density at radius 1 is 0.844 bits per heavy atom. The lowest BCUT2D eigenvalue weighted by atomic mass is 9.98. The van der Waals surface area contributed by atoms with E-state index in [-0.39, 0.29) is 11.9 Å². The number of H-pyrrole nitrogens is 1. The molecule has 0 aliphatic carbocycles. The van der Waals surface area contributed by atoms with Crippen molar-refractivity contribution in [2.45, 2.75) is 12.2 Å². The minimum absolute atomic E-state index is 0.0125. The molecule has 0 spiro atoms. The number of aromatic amines is 1. The van der Waals surface area contributed by atoms with Crippen molar-refractivity contribution in [3.05, 3.63) is 143 Å². The van der Waals surface area contributed by atoms with Gasteiger partial charge in [0.2, 0.25) is 0 Å². The van der Waals surface area contributed by atoms with Gasteiger partial charge in [0.15, 0.2) is 0 Å². The Kier molecular flexibility index (Phi) is 8.41. The molecule has 9 heteroatoms. The minimum Gasteiger partial charge on any atom is -0.369 e. The van der Waals surface area contributed by atoms with Crippen LogP contribution in [0.2, 0.25) is 0 Å². The number of carbonyl (C=O) groups excluding carboxylic acids is 1. The van der Waals surface area contributed by atoms with Gasteiger partial charge in [-0.3, -0.25) is 9.69 Å². The number of halogens is 3. The number of alkyl halides is 3. The molecule has 0 saturated carbocycles. The highest BCUT2D eigenvalue weighted by molar-refractivity contribution is 6.08. The summed E-state index contributed by atoms with van der Waals surface area (Å²) in [4.78, 5) is 21.3. The van der Waals surface area contributed by atoms with Crippen LogP contribution >= 0.6 is 0 Å². The number of piperazine rings is 1. The lowest BCUT2D eigenvalue weighted by Crippen LogP contribution is -2.48. The SMILES string of the molecule is N#Cc1cccc(C(c2ccc[nH]2)N2CCN(c3ccc(NC(=O)c4ccccc4-c4ccc(C(F)(F)F)cc4)cc3)CC2)c1. The molecule has 2 N–H and O–H groups in total. The molecule has 1 unspecified atom stereocenters. The van der Waals surface area contributed by atoms with Gasteiger partial charge in [0.05, 0.1) is 23.2 Å². The molecule has 6 rings (SSSR count). The lowest BCUT2D eigenvalue weighted by molar-refractivity contribution is -0.137. The standard InChI is InChI=1S/C36H30F3N5O/c37-36(38,39)28-12-10-26(11-13-28)31-7-1-2-8-32(31)35(45)42-29-14-16-30(17-15-29)43-19-21-44(22-20-43)34(33-9-4-18-41-33)27-6-3-5-25(23-27)24-40/h1-18,23,34,41H,19-22H2,(H,42,45). The second kappa shape index (κ2) is 12.7. The Bertz CT molecular complexity index is 1800. The zero-order valence-electron chi connectivity index (χ0n) is 24.3. The Morgan fingerprint density at radius 2 is 1.58 bits per heavy atom. The predicted molar refractivity (Wildman–Crippen MR) is 169 cm³/mol. The second-order valence-electron chi connectivity index (χ2n) is 10.9. The maximum absolute atomic E-state index is 13.2. The van der Waals surface area contributed by atoms with Crippen LogP contribution in [0.15, 0.2) is 115 Å². The number of hydrogen-bond donors (Lipinski definition) is 2. The molecule has 226 valence electrons. The van der Waals surface area contributed by atoms with Crippen molar-refractivity contribution in [3.8, 4) is 17.2 Å². The zero-order chi connectivity index (χ0) is 31.4. The molecule has 1 aliphatic rings. The van der Waals surface area contributed by atoms with E-state index in [1.165, 1.54) is 12.1 Å². The van der Waals surface area contributed by atoms with Crippen molar-refractivity contribution in [1.29, 1.82) is 5.26 Å². The summed E-state index contributed by atoms with van der Waals surface area (Å²) in [7, 11) is 0. The normalized spacial score (nSPS) is 14.5. The molecule has 1 atom stereocenters. The van der Waals surface area contributed by atoms with Crippen LogP contribution in [0, 0.1) is 11.3 Å². The molecule has 1 aliphatic heterocycles. The van der Waals surface area contributed by atoms with E-state index in [4.69, 9.17) is 0 Å². The first-order chi connectivity index (χ1) is 21.8. The molecule has 1 saturated heterocycles. The number of carbonyl (C=O) groups is 1. The van der Waals surface area contributed by atoms with Gasteiger partial charge >= 0.3 is 6.18 Å². The van der Waals surface area contributed by atoms with E-state index < -0.39 is 11.7 Å². The number of nitrogens with one attached hydrogen (secondary N) is 2. The maximum Gasteiger partial charge on any atom is 0.416 e. The van der Waals surface area contributed by atoms with E-state index in [1.54, 1.807) is 24.3 Å².